The van der Waals surface area contributed by atoms with Crippen LogP contribution < -0.4 is 5.32 Å². The number of pyridine rings is 1. The summed E-state index contributed by atoms with van der Waals surface area (Å²) in [5.41, 5.74) is 6.49. The third-order valence-corrected chi connectivity index (χ3v) is 10.4. The molecule has 0 fully saturated rings. The molecule has 3 heteroatoms. The average Bonchev–Trinajstić information content (AvgIpc) is 3.30. The largest absolute Gasteiger partial charge is 0.286 e. The molecule has 0 radical (unpaired) electrons. The predicted molar refractivity (Wildman–Crippen MR) is 186 cm³/mol. The summed E-state index contributed by atoms with van der Waals surface area (Å²) in [6.45, 7) is 7.03. The number of hydrogen-bond donors (Lipinski definition) is 1. The summed E-state index contributed by atoms with van der Waals surface area (Å²) in [5.74, 6) is 1.65. The number of aliphatic imine (C=N–C) groups is 1. The molecule has 2 aliphatic carbocycles. The van der Waals surface area contributed by atoms with Gasteiger partial charge in [-0.25, -0.2) is 4.98 Å². The number of fused-ring (bicyclic) bond motifs is 6. The third-order valence-electron chi connectivity index (χ3n) is 10.4. The molecule has 2 heterocycles. The molecule has 44 heavy (non-hydrogen) atoms. The van der Waals surface area contributed by atoms with Gasteiger partial charge in [0.1, 0.15) is 5.66 Å². The quantitative estimate of drug-likeness (QED) is 0.218. The van der Waals surface area contributed by atoms with Gasteiger partial charge in [0.05, 0.1) is 11.2 Å². The highest BCUT2D eigenvalue weighted by Crippen LogP contribution is 2.41. The fraction of sp³-hybridized carbons (Fsp3) is 0.268. The van der Waals surface area contributed by atoms with Gasteiger partial charge in [-0.1, -0.05) is 117 Å². The maximum Gasteiger partial charge on any atom is 0.134 e. The van der Waals surface area contributed by atoms with E-state index < -0.39 is 5.66 Å². The summed E-state index contributed by atoms with van der Waals surface area (Å²) in [6.07, 6.45) is 14.7. The van der Waals surface area contributed by atoms with Crippen LogP contribution in [0, 0.1) is 17.8 Å². The Kier molecular flexibility index (Phi) is 6.61. The first-order valence-corrected chi connectivity index (χ1v) is 16.2. The lowest BCUT2D eigenvalue weighted by Gasteiger charge is -2.43. The fourth-order valence-electron chi connectivity index (χ4n) is 7.65. The van der Waals surface area contributed by atoms with Crippen molar-refractivity contribution in [2.45, 2.75) is 51.7 Å². The minimum absolute atomic E-state index is 0.271. The van der Waals surface area contributed by atoms with E-state index in [-0.39, 0.29) is 12.0 Å². The van der Waals surface area contributed by atoms with Crippen molar-refractivity contribution in [1.29, 1.82) is 0 Å². The fourth-order valence-corrected chi connectivity index (χ4v) is 7.65. The van der Waals surface area contributed by atoms with Crippen LogP contribution in [0.2, 0.25) is 0 Å². The van der Waals surface area contributed by atoms with Gasteiger partial charge >= 0.3 is 0 Å². The number of para-hydroxylation sites is 1. The van der Waals surface area contributed by atoms with Crippen molar-refractivity contribution >= 4 is 38.2 Å². The number of allylic oxidation sites excluding steroid dienone is 4. The number of nitrogens with zero attached hydrogens (tertiary/aromatic N) is 2. The Hall–Kier alpha value is -4.34. The highest BCUT2D eigenvalue weighted by Gasteiger charge is 2.40. The Morgan fingerprint density at radius 1 is 0.795 bits per heavy atom. The molecule has 0 bridgehead atoms. The number of rotatable bonds is 3. The molecule has 5 unspecified atom stereocenters. The second-order valence-electron chi connectivity index (χ2n) is 13.3. The summed E-state index contributed by atoms with van der Waals surface area (Å²) < 4.78 is 0. The van der Waals surface area contributed by atoms with E-state index in [0.29, 0.717) is 11.8 Å². The van der Waals surface area contributed by atoms with Crippen molar-refractivity contribution in [2.75, 3.05) is 0 Å². The van der Waals surface area contributed by atoms with Crippen LogP contribution in [0.1, 0.15) is 45.6 Å². The lowest BCUT2D eigenvalue weighted by molar-refractivity contribution is 0.286. The summed E-state index contributed by atoms with van der Waals surface area (Å²) in [5, 5.41) is 10.2. The molecule has 0 saturated heterocycles. The first kappa shape index (κ1) is 27.2. The third kappa shape index (κ3) is 4.53. The van der Waals surface area contributed by atoms with E-state index in [9.17, 15) is 0 Å². The molecule has 1 aliphatic heterocycles. The van der Waals surface area contributed by atoms with E-state index in [0.717, 1.165) is 36.0 Å². The minimum atomic E-state index is -0.551. The molecule has 8 rings (SSSR count). The van der Waals surface area contributed by atoms with Crippen LogP contribution in [-0.2, 0) is 5.66 Å². The van der Waals surface area contributed by atoms with Crippen LogP contribution in [0.15, 0.2) is 126 Å². The van der Waals surface area contributed by atoms with Crippen LogP contribution in [0.3, 0.4) is 0 Å². The van der Waals surface area contributed by atoms with Crippen molar-refractivity contribution in [3.63, 3.8) is 0 Å². The number of aromatic nitrogens is 1. The van der Waals surface area contributed by atoms with E-state index >= 15 is 0 Å². The number of benzene rings is 4. The van der Waals surface area contributed by atoms with Gasteiger partial charge in [0, 0.05) is 39.4 Å². The first-order chi connectivity index (χ1) is 21.5. The zero-order valence-electron chi connectivity index (χ0n) is 25.8. The van der Waals surface area contributed by atoms with E-state index in [4.69, 9.17) is 9.98 Å². The van der Waals surface area contributed by atoms with Crippen LogP contribution in [0.4, 0.5) is 0 Å². The van der Waals surface area contributed by atoms with E-state index in [1.807, 2.05) is 0 Å². The summed E-state index contributed by atoms with van der Waals surface area (Å²) >= 11 is 0. The molecule has 1 N–H and O–H groups in total. The molecule has 0 saturated carbocycles. The summed E-state index contributed by atoms with van der Waals surface area (Å²) in [6, 6.07) is 30.9. The van der Waals surface area contributed by atoms with Crippen LogP contribution in [0.25, 0.3) is 43.7 Å². The second kappa shape index (κ2) is 10.7. The van der Waals surface area contributed by atoms with Gasteiger partial charge in [-0.05, 0) is 72.1 Å². The Balaban J connectivity index is 1.30. The molecule has 0 spiro atoms. The van der Waals surface area contributed by atoms with Crippen molar-refractivity contribution in [1.82, 2.24) is 10.3 Å². The molecule has 218 valence electrons. The SMILES string of the molecule is CC1CC=C(C2=NC(C)(c3cccc(-c4nc5ccccc5c5c4ccc4ccccc45)c3)NC3CC=CC=CC23)CC1C. The van der Waals surface area contributed by atoms with E-state index in [1.54, 1.807) is 0 Å². The lowest BCUT2D eigenvalue weighted by atomic mass is 9.75. The highest BCUT2D eigenvalue weighted by molar-refractivity contribution is 6.22. The Labute approximate surface area is 260 Å². The smallest absolute Gasteiger partial charge is 0.134 e. The molecule has 1 aromatic heterocycles. The molecular weight excluding hydrogens is 534 g/mol. The van der Waals surface area contributed by atoms with Crippen molar-refractivity contribution in [2.24, 2.45) is 22.7 Å². The Morgan fingerprint density at radius 3 is 2.52 bits per heavy atom. The zero-order valence-corrected chi connectivity index (χ0v) is 25.8. The molecule has 5 aromatic rings. The molecule has 5 atom stereocenters. The monoisotopic (exact) mass is 573 g/mol. The Bertz CT molecular complexity index is 2030. The molecule has 3 nitrogen and oxygen atoms in total. The van der Waals surface area contributed by atoms with Gasteiger partial charge in [-0.2, -0.15) is 0 Å². The van der Waals surface area contributed by atoms with Gasteiger partial charge in [0.25, 0.3) is 0 Å². The van der Waals surface area contributed by atoms with Gasteiger partial charge < -0.3 is 0 Å². The predicted octanol–water partition coefficient (Wildman–Crippen LogP) is 9.92. The second-order valence-corrected chi connectivity index (χ2v) is 13.3. The van der Waals surface area contributed by atoms with Gasteiger partial charge in [-0.15, -0.1) is 0 Å². The number of hydrogen-bond acceptors (Lipinski definition) is 3. The normalized spacial score (nSPS) is 26.8. The molecule has 4 aromatic carbocycles. The van der Waals surface area contributed by atoms with E-state index in [1.165, 1.54) is 43.8 Å². The van der Waals surface area contributed by atoms with Crippen LogP contribution in [0.5, 0.6) is 0 Å². The Morgan fingerprint density at radius 2 is 1.64 bits per heavy atom. The van der Waals surface area contributed by atoms with Gasteiger partial charge in [-0.3, -0.25) is 10.3 Å². The summed E-state index contributed by atoms with van der Waals surface area (Å²) in [7, 11) is 0. The van der Waals surface area contributed by atoms with Crippen molar-refractivity contribution in [3.8, 4) is 11.3 Å². The van der Waals surface area contributed by atoms with Gasteiger partial charge in [0.2, 0.25) is 0 Å². The molecule has 0 amide bonds. The van der Waals surface area contributed by atoms with Gasteiger partial charge in [0.15, 0.2) is 0 Å². The maximum atomic E-state index is 5.62. The van der Waals surface area contributed by atoms with Crippen LogP contribution >= 0.6 is 0 Å². The molecular formula is C41H39N3. The average molecular weight is 574 g/mol. The molecule has 3 aliphatic rings. The van der Waals surface area contributed by atoms with E-state index in [2.05, 4.69) is 141 Å². The van der Waals surface area contributed by atoms with Crippen molar-refractivity contribution < 1.29 is 0 Å². The first-order valence-electron chi connectivity index (χ1n) is 16.2. The van der Waals surface area contributed by atoms with Crippen molar-refractivity contribution in [3.05, 3.63) is 126 Å². The summed E-state index contributed by atoms with van der Waals surface area (Å²) in [4.78, 5) is 10.9. The standard InChI is InChI=1S/C41H39N3/c1-26-20-21-30(24-27(26)2)40-34-17-5-4-6-19-37(34)43-41(3,44-40)31-14-11-13-29(25-31)39-35-23-22-28-12-7-8-15-32(28)38(35)33-16-9-10-18-36(33)42-39/h4-18,21-23,25-27,34,37,43H,19-20,24H2,1-3H3. The maximum absolute atomic E-state index is 5.62. The lowest BCUT2D eigenvalue weighted by Crippen LogP contribution is -2.54. The highest BCUT2D eigenvalue weighted by atomic mass is 15.2. The minimum Gasteiger partial charge on any atom is -0.286 e. The topological polar surface area (TPSA) is 37.3 Å². The van der Waals surface area contributed by atoms with Crippen LogP contribution in [-0.4, -0.2) is 16.7 Å². The zero-order chi connectivity index (χ0) is 29.8. The number of nitrogens with one attached hydrogen (secondary N) is 1.